The molecule has 0 bridgehead atoms. The molecule has 0 radical (unpaired) electrons. The molecule has 9 nitrogen and oxygen atoms in total. The molecule has 2 amide bonds. The van der Waals surface area contributed by atoms with Gasteiger partial charge in [-0.15, -0.1) is 0 Å². The van der Waals surface area contributed by atoms with Crippen LogP contribution in [0.4, 0.5) is 23.7 Å². The van der Waals surface area contributed by atoms with Gasteiger partial charge in [0.15, 0.2) is 0 Å². The molecule has 1 saturated heterocycles. The fourth-order valence-electron chi connectivity index (χ4n) is 2.97. The monoisotopic (exact) mass is 588 g/mol. The van der Waals surface area contributed by atoms with Crippen LogP contribution in [-0.2, 0) is 20.5 Å². The van der Waals surface area contributed by atoms with Crippen LogP contribution in [0.2, 0.25) is 0 Å². The Hall–Kier alpha value is -3.39. The fraction of sp³-hybridized carbons (Fsp3) is 0.227. The summed E-state index contributed by atoms with van der Waals surface area (Å²) in [6.45, 7) is 2.64. The number of ether oxygens (including phenoxy) is 2. The minimum Gasteiger partial charge on any atom is -0.462 e. The van der Waals surface area contributed by atoms with Crippen molar-refractivity contribution in [2.24, 2.45) is 0 Å². The minimum atomic E-state index is -4.80. The number of carbonyl (C=O) groups is 3. The van der Waals surface area contributed by atoms with E-state index < -0.39 is 57.9 Å². The number of nitro benzene ring substituents is 1. The Morgan fingerprint density at radius 3 is 2.47 bits per heavy atom. The van der Waals surface area contributed by atoms with Gasteiger partial charge >= 0.3 is 17.8 Å². The van der Waals surface area contributed by atoms with Crippen LogP contribution in [0.15, 0.2) is 45.8 Å². The summed E-state index contributed by atoms with van der Waals surface area (Å²) < 4.78 is 50.0. The molecular formula is C22H16BrF3N2O7S. The summed E-state index contributed by atoms with van der Waals surface area (Å²) in [5.74, 6) is -2.03. The van der Waals surface area contributed by atoms with Crippen molar-refractivity contribution in [3.8, 4) is 11.5 Å². The van der Waals surface area contributed by atoms with Crippen molar-refractivity contribution in [2.75, 3.05) is 6.54 Å². The third-order valence-electron chi connectivity index (χ3n) is 4.49. The summed E-state index contributed by atoms with van der Waals surface area (Å²) in [6.07, 6.45) is -3.96. The first-order valence-corrected chi connectivity index (χ1v) is 11.6. The van der Waals surface area contributed by atoms with Crippen LogP contribution in [0, 0.1) is 10.1 Å². The van der Waals surface area contributed by atoms with Crippen molar-refractivity contribution in [1.29, 1.82) is 0 Å². The van der Waals surface area contributed by atoms with E-state index in [1.807, 2.05) is 0 Å². The van der Waals surface area contributed by atoms with Crippen LogP contribution < -0.4 is 4.74 Å². The minimum absolute atomic E-state index is 0.0351. The van der Waals surface area contributed by atoms with Crippen LogP contribution >= 0.6 is 27.7 Å². The zero-order valence-corrected chi connectivity index (χ0v) is 20.9. The lowest BCUT2D eigenvalue weighted by Gasteiger charge is -2.13. The molecule has 0 saturated carbocycles. The Bertz CT molecular complexity index is 1280. The Balaban J connectivity index is 1.94. The third-order valence-corrected chi connectivity index (χ3v) is 5.89. The first-order valence-electron chi connectivity index (χ1n) is 10.0. The number of esters is 1. The third kappa shape index (κ3) is 6.43. The molecule has 1 heterocycles. The van der Waals surface area contributed by atoms with Gasteiger partial charge < -0.3 is 9.47 Å². The van der Waals surface area contributed by atoms with Crippen LogP contribution in [0.1, 0.15) is 25.0 Å². The van der Waals surface area contributed by atoms with Gasteiger partial charge in [-0.3, -0.25) is 29.4 Å². The number of benzene rings is 2. The molecular weight excluding hydrogens is 573 g/mol. The predicted octanol–water partition coefficient (Wildman–Crippen LogP) is 6.16. The lowest BCUT2D eigenvalue weighted by Crippen LogP contribution is -2.35. The number of nitro groups is 1. The molecule has 36 heavy (non-hydrogen) atoms. The highest BCUT2D eigenvalue weighted by Crippen LogP contribution is 2.40. The molecule has 190 valence electrons. The topological polar surface area (TPSA) is 116 Å². The molecule has 1 aliphatic heterocycles. The van der Waals surface area contributed by atoms with Gasteiger partial charge in [-0.2, -0.15) is 13.2 Å². The Labute approximate surface area is 214 Å². The number of imide groups is 1. The molecule has 1 fully saturated rings. The highest BCUT2D eigenvalue weighted by atomic mass is 79.9. The summed E-state index contributed by atoms with van der Waals surface area (Å²) in [7, 11) is 0. The maximum atomic E-state index is 13.0. The van der Waals surface area contributed by atoms with Crippen molar-refractivity contribution >= 4 is 56.6 Å². The second-order valence-corrected chi connectivity index (χ2v) is 9.44. The number of amides is 2. The Morgan fingerprint density at radius 1 is 1.19 bits per heavy atom. The molecule has 3 rings (SSSR count). The zero-order chi connectivity index (χ0) is 26.8. The van der Waals surface area contributed by atoms with Gasteiger partial charge in [0.05, 0.1) is 21.5 Å². The van der Waals surface area contributed by atoms with Gasteiger partial charge in [0.25, 0.3) is 11.1 Å². The predicted molar refractivity (Wildman–Crippen MR) is 126 cm³/mol. The van der Waals surface area contributed by atoms with Gasteiger partial charge in [-0.25, -0.2) is 0 Å². The Kier molecular flexibility index (Phi) is 8.09. The van der Waals surface area contributed by atoms with E-state index in [0.717, 1.165) is 6.07 Å². The average Bonchev–Trinajstić information content (AvgIpc) is 3.01. The lowest BCUT2D eigenvalue weighted by molar-refractivity contribution is -0.385. The number of nitrogens with zero attached hydrogens (tertiary/aromatic N) is 2. The molecule has 0 aliphatic carbocycles. The first-order chi connectivity index (χ1) is 16.8. The number of hydrogen-bond acceptors (Lipinski definition) is 8. The molecule has 2 aromatic rings. The van der Waals surface area contributed by atoms with Crippen molar-refractivity contribution in [3.63, 3.8) is 0 Å². The van der Waals surface area contributed by atoms with Crippen molar-refractivity contribution < 1.29 is 42.0 Å². The summed E-state index contributed by atoms with van der Waals surface area (Å²) in [5, 5.41) is 10.7. The number of alkyl halides is 3. The molecule has 0 spiro atoms. The normalized spacial score (nSPS) is 15.1. The summed E-state index contributed by atoms with van der Waals surface area (Å²) >= 11 is 3.80. The average molecular weight is 589 g/mol. The molecule has 0 aromatic heterocycles. The number of hydrogen-bond donors (Lipinski definition) is 0. The van der Waals surface area contributed by atoms with Crippen molar-refractivity contribution in [2.45, 2.75) is 26.1 Å². The molecule has 2 aromatic carbocycles. The van der Waals surface area contributed by atoms with Crippen LogP contribution in [0.3, 0.4) is 0 Å². The lowest BCUT2D eigenvalue weighted by atomic mass is 10.1. The summed E-state index contributed by atoms with van der Waals surface area (Å²) in [4.78, 5) is 47.9. The van der Waals surface area contributed by atoms with E-state index >= 15 is 0 Å². The van der Waals surface area contributed by atoms with E-state index in [1.54, 1.807) is 13.8 Å². The zero-order valence-electron chi connectivity index (χ0n) is 18.5. The molecule has 0 unspecified atom stereocenters. The largest absolute Gasteiger partial charge is 0.462 e. The van der Waals surface area contributed by atoms with E-state index in [1.165, 1.54) is 24.3 Å². The summed E-state index contributed by atoms with van der Waals surface area (Å²) in [5.41, 5.74) is -1.95. The number of thioether (sulfide) groups is 1. The maximum Gasteiger partial charge on any atom is 0.416 e. The first kappa shape index (κ1) is 27.2. The van der Waals surface area contributed by atoms with E-state index in [9.17, 15) is 37.7 Å². The molecule has 0 atom stereocenters. The molecule has 0 N–H and O–H groups in total. The van der Waals surface area contributed by atoms with E-state index in [-0.39, 0.29) is 16.2 Å². The van der Waals surface area contributed by atoms with Gasteiger partial charge in [0.1, 0.15) is 12.3 Å². The highest BCUT2D eigenvalue weighted by Gasteiger charge is 2.37. The van der Waals surface area contributed by atoms with Crippen molar-refractivity contribution in [1.82, 2.24) is 4.90 Å². The maximum absolute atomic E-state index is 13.0. The molecule has 14 heteroatoms. The Morgan fingerprint density at radius 2 is 1.86 bits per heavy atom. The number of carbonyl (C=O) groups excluding carboxylic acids is 3. The van der Waals surface area contributed by atoms with E-state index in [0.29, 0.717) is 33.3 Å². The smallest absolute Gasteiger partial charge is 0.416 e. The number of halogens is 4. The van der Waals surface area contributed by atoms with E-state index in [2.05, 4.69) is 15.9 Å². The van der Waals surface area contributed by atoms with Gasteiger partial charge in [0.2, 0.25) is 5.75 Å². The SMILES string of the molecule is CC(C)OC(=O)CN1C(=O)S/C(=C\c2cc(Br)ccc2Oc2ccc(C(F)(F)F)cc2[N+](=O)[O-])C1=O. The fourth-order valence-corrected chi connectivity index (χ4v) is 4.18. The van der Waals surface area contributed by atoms with Crippen LogP contribution in [-0.4, -0.2) is 39.6 Å². The van der Waals surface area contributed by atoms with Gasteiger partial charge in [0, 0.05) is 16.1 Å². The van der Waals surface area contributed by atoms with Gasteiger partial charge in [-0.1, -0.05) is 15.9 Å². The quantitative estimate of drug-likeness (QED) is 0.163. The molecule has 1 aliphatic rings. The number of rotatable bonds is 7. The van der Waals surface area contributed by atoms with Crippen LogP contribution in [0.5, 0.6) is 11.5 Å². The van der Waals surface area contributed by atoms with Crippen LogP contribution in [0.25, 0.3) is 6.08 Å². The standard InChI is InChI=1S/C22H16BrF3N2O7S/c1-11(2)34-19(29)10-27-20(30)18(36-21(27)31)8-12-7-14(23)4-6-16(12)35-17-5-3-13(22(24,25)26)9-15(17)28(32)33/h3-9,11H,10H2,1-2H3/b18-8-. The second kappa shape index (κ2) is 10.7. The summed E-state index contributed by atoms with van der Waals surface area (Å²) in [6, 6.07) is 6.18. The van der Waals surface area contributed by atoms with Gasteiger partial charge in [-0.05, 0) is 62.0 Å². The van der Waals surface area contributed by atoms with Crippen molar-refractivity contribution in [3.05, 3.63) is 67.0 Å². The van der Waals surface area contributed by atoms with E-state index in [4.69, 9.17) is 9.47 Å². The second-order valence-electron chi connectivity index (χ2n) is 7.53. The highest BCUT2D eigenvalue weighted by molar-refractivity contribution is 9.10.